The van der Waals surface area contributed by atoms with Crippen LogP contribution in [0.15, 0.2) is 0 Å². The van der Waals surface area contributed by atoms with Crippen LogP contribution in [0.3, 0.4) is 0 Å². The SMILES string of the molecule is CNCCCC(=O)NCCNC(C)=O. The van der Waals surface area contributed by atoms with Gasteiger partial charge in [0.2, 0.25) is 11.8 Å². The fourth-order valence-electron chi connectivity index (χ4n) is 0.955. The van der Waals surface area contributed by atoms with Crippen molar-refractivity contribution < 1.29 is 9.59 Å². The highest BCUT2D eigenvalue weighted by molar-refractivity contribution is 5.76. The summed E-state index contributed by atoms with van der Waals surface area (Å²) in [5, 5.41) is 8.29. The number of carbonyl (C=O) groups is 2. The fourth-order valence-corrected chi connectivity index (χ4v) is 0.955. The normalized spacial score (nSPS) is 9.57. The molecule has 0 unspecified atom stereocenters. The zero-order valence-electron chi connectivity index (χ0n) is 8.85. The summed E-state index contributed by atoms with van der Waals surface area (Å²) in [6, 6.07) is 0. The van der Waals surface area contributed by atoms with E-state index in [2.05, 4.69) is 16.0 Å². The highest BCUT2D eigenvalue weighted by Gasteiger charge is 1.99. The monoisotopic (exact) mass is 201 g/mol. The molecule has 0 aliphatic rings. The minimum absolute atomic E-state index is 0.0330. The standard InChI is InChI=1S/C9H19N3O2/c1-8(13)11-6-7-12-9(14)4-3-5-10-2/h10H,3-7H2,1-2H3,(H,11,13)(H,12,14). The van der Waals surface area contributed by atoms with Gasteiger partial charge in [0, 0.05) is 26.4 Å². The largest absolute Gasteiger partial charge is 0.355 e. The van der Waals surface area contributed by atoms with Crippen LogP contribution in [-0.4, -0.2) is 38.5 Å². The molecule has 0 aromatic rings. The predicted octanol–water partition coefficient (Wildman–Crippen LogP) is -0.762. The molecule has 0 aliphatic carbocycles. The number of amides is 2. The lowest BCUT2D eigenvalue weighted by Gasteiger charge is -2.05. The molecule has 0 rings (SSSR count). The van der Waals surface area contributed by atoms with E-state index < -0.39 is 0 Å². The maximum atomic E-state index is 11.1. The Hall–Kier alpha value is -1.10. The Kier molecular flexibility index (Phi) is 7.83. The quantitative estimate of drug-likeness (QED) is 0.474. The Morgan fingerprint density at radius 3 is 2.29 bits per heavy atom. The first kappa shape index (κ1) is 12.9. The van der Waals surface area contributed by atoms with E-state index in [4.69, 9.17) is 0 Å². The minimum atomic E-state index is -0.0746. The van der Waals surface area contributed by atoms with Crippen molar-refractivity contribution in [1.29, 1.82) is 0 Å². The van der Waals surface area contributed by atoms with E-state index in [1.165, 1.54) is 6.92 Å². The third-order valence-corrected chi connectivity index (χ3v) is 1.65. The van der Waals surface area contributed by atoms with Crippen LogP contribution in [0.4, 0.5) is 0 Å². The lowest BCUT2D eigenvalue weighted by Crippen LogP contribution is -2.33. The average molecular weight is 201 g/mol. The summed E-state index contributed by atoms with van der Waals surface area (Å²) in [6.07, 6.45) is 1.36. The van der Waals surface area contributed by atoms with Gasteiger partial charge in [-0.15, -0.1) is 0 Å². The van der Waals surface area contributed by atoms with Crippen molar-refractivity contribution in [1.82, 2.24) is 16.0 Å². The summed E-state index contributed by atoms with van der Waals surface area (Å²) in [5.74, 6) is -0.0416. The van der Waals surface area contributed by atoms with Gasteiger partial charge in [-0.1, -0.05) is 0 Å². The molecule has 0 aromatic heterocycles. The van der Waals surface area contributed by atoms with Crippen molar-refractivity contribution in [3.05, 3.63) is 0 Å². The number of hydrogen-bond donors (Lipinski definition) is 3. The predicted molar refractivity (Wildman–Crippen MR) is 54.9 cm³/mol. The van der Waals surface area contributed by atoms with Gasteiger partial charge in [-0.25, -0.2) is 0 Å². The summed E-state index contributed by atoms with van der Waals surface area (Å²) in [7, 11) is 1.86. The second-order valence-electron chi connectivity index (χ2n) is 3.04. The smallest absolute Gasteiger partial charge is 0.220 e. The van der Waals surface area contributed by atoms with E-state index in [1.807, 2.05) is 7.05 Å². The zero-order chi connectivity index (χ0) is 10.8. The molecule has 0 fully saturated rings. The van der Waals surface area contributed by atoms with Crippen LogP contribution in [-0.2, 0) is 9.59 Å². The lowest BCUT2D eigenvalue weighted by atomic mass is 10.3. The van der Waals surface area contributed by atoms with Gasteiger partial charge in [-0.05, 0) is 20.0 Å². The van der Waals surface area contributed by atoms with E-state index >= 15 is 0 Å². The Morgan fingerprint density at radius 2 is 1.71 bits per heavy atom. The van der Waals surface area contributed by atoms with E-state index in [0.29, 0.717) is 19.5 Å². The van der Waals surface area contributed by atoms with Crippen molar-refractivity contribution in [3.63, 3.8) is 0 Å². The van der Waals surface area contributed by atoms with Gasteiger partial charge >= 0.3 is 0 Å². The highest BCUT2D eigenvalue weighted by Crippen LogP contribution is 1.85. The molecule has 0 bridgehead atoms. The zero-order valence-corrected chi connectivity index (χ0v) is 8.85. The molecule has 5 heteroatoms. The Balaban J connectivity index is 3.22. The molecule has 0 aromatic carbocycles. The van der Waals surface area contributed by atoms with E-state index in [0.717, 1.165) is 13.0 Å². The molecule has 2 amide bonds. The summed E-state index contributed by atoms with van der Waals surface area (Å²) in [6.45, 7) is 3.29. The Labute approximate surface area is 84.6 Å². The molecular formula is C9H19N3O2. The number of rotatable bonds is 7. The Morgan fingerprint density at radius 1 is 1.07 bits per heavy atom. The minimum Gasteiger partial charge on any atom is -0.355 e. The van der Waals surface area contributed by atoms with E-state index in [1.54, 1.807) is 0 Å². The molecule has 0 atom stereocenters. The first-order chi connectivity index (χ1) is 6.66. The molecule has 0 radical (unpaired) electrons. The highest BCUT2D eigenvalue weighted by atomic mass is 16.2. The van der Waals surface area contributed by atoms with Gasteiger partial charge in [0.25, 0.3) is 0 Å². The third-order valence-electron chi connectivity index (χ3n) is 1.65. The molecule has 3 N–H and O–H groups in total. The summed E-state index contributed by atoms with van der Waals surface area (Å²) >= 11 is 0. The second-order valence-corrected chi connectivity index (χ2v) is 3.04. The van der Waals surface area contributed by atoms with Gasteiger partial charge in [0.15, 0.2) is 0 Å². The number of carbonyl (C=O) groups excluding carboxylic acids is 2. The van der Waals surface area contributed by atoms with E-state index in [-0.39, 0.29) is 11.8 Å². The van der Waals surface area contributed by atoms with Crippen molar-refractivity contribution >= 4 is 11.8 Å². The second kappa shape index (κ2) is 8.50. The van der Waals surface area contributed by atoms with Crippen LogP contribution >= 0.6 is 0 Å². The molecular weight excluding hydrogens is 182 g/mol. The molecule has 0 saturated carbocycles. The van der Waals surface area contributed by atoms with Crippen LogP contribution in [0.25, 0.3) is 0 Å². The van der Waals surface area contributed by atoms with Crippen LogP contribution in [0, 0.1) is 0 Å². The Bertz CT molecular complexity index is 183. The maximum absolute atomic E-state index is 11.1. The number of hydrogen-bond acceptors (Lipinski definition) is 3. The van der Waals surface area contributed by atoms with E-state index in [9.17, 15) is 9.59 Å². The van der Waals surface area contributed by atoms with Crippen LogP contribution in [0.2, 0.25) is 0 Å². The number of nitrogens with one attached hydrogen (secondary N) is 3. The van der Waals surface area contributed by atoms with Crippen LogP contribution in [0.1, 0.15) is 19.8 Å². The van der Waals surface area contributed by atoms with Crippen LogP contribution in [0.5, 0.6) is 0 Å². The van der Waals surface area contributed by atoms with Crippen molar-refractivity contribution in [2.24, 2.45) is 0 Å². The average Bonchev–Trinajstić information content (AvgIpc) is 2.13. The van der Waals surface area contributed by atoms with Gasteiger partial charge in [-0.2, -0.15) is 0 Å². The van der Waals surface area contributed by atoms with Gasteiger partial charge in [0.05, 0.1) is 0 Å². The fraction of sp³-hybridized carbons (Fsp3) is 0.778. The first-order valence-electron chi connectivity index (χ1n) is 4.82. The van der Waals surface area contributed by atoms with Gasteiger partial charge in [0.1, 0.15) is 0 Å². The van der Waals surface area contributed by atoms with Gasteiger partial charge < -0.3 is 16.0 Å². The molecule has 0 heterocycles. The van der Waals surface area contributed by atoms with Crippen LogP contribution < -0.4 is 16.0 Å². The summed E-state index contributed by atoms with van der Waals surface area (Å²) < 4.78 is 0. The maximum Gasteiger partial charge on any atom is 0.220 e. The van der Waals surface area contributed by atoms with Crippen molar-refractivity contribution in [3.8, 4) is 0 Å². The first-order valence-corrected chi connectivity index (χ1v) is 4.82. The van der Waals surface area contributed by atoms with Crippen molar-refractivity contribution in [2.45, 2.75) is 19.8 Å². The molecule has 0 spiro atoms. The summed E-state index contributed by atoms with van der Waals surface area (Å²) in [4.78, 5) is 21.6. The molecule has 0 saturated heterocycles. The third kappa shape index (κ3) is 8.99. The molecule has 0 aliphatic heterocycles. The van der Waals surface area contributed by atoms with Crippen molar-refractivity contribution in [2.75, 3.05) is 26.7 Å². The molecule has 14 heavy (non-hydrogen) atoms. The molecule has 82 valence electrons. The molecule has 5 nitrogen and oxygen atoms in total. The topological polar surface area (TPSA) is 70.2 Å². The van der Waals surface area contributed by atoms with Gasteiger partial charge in [-0.3, -0.25) is 9.59 Å². The lowest BCUT2D eigenvalue weighted by molar-refractivity contribution is -0.122. The summed E-state index contributed by atoms with van der Waals surface area (Å²) in [5.41, 5.74) is 0.